The van der Waals surface area contributed by atoms with E-state index in [2.05, 4.69) is 13.8 Å². The van der Waals surface area contributed by atoms with Crippen molar-refractivity contribution in [2.45, 2.75) is 26.3 Å². The number of halogens is 2. The van der Waals surface area contributed by atoms with E-state index in [0.717, 1.165) is 23.1 Å². The molecule has 0 aliphatic rings. The minimum absolute atomic E-state index is 0.0105. The fourth-order valence-electron chi connectivity index (χ4n) is 1.48. The molecule has 1 unspecified atom stereocenters. The second kappa shape index (κ2) is 6.97. The van der Waals surface area contributed by atoms with Crippen molar-refractivity contribution in [1.29, 1.82) is 0 Å². The molecule has 2 N–H and O–H groups in total. The van der Waals surface area contributed by atoms with E-state index >= 15 is 0 Å². The molecule has 0 amide bonds. The van der Waals surface area contributed by atoms with Crippen LogP contribution in [0.15, 0.2) is 18.2 Å². The van der Waals surface area contributed by atoms with Crippen LogP contribution in [0.5, 0.6) is 0 Å². The van der Waals surface area contributed by atoms with Crippen molar-refractivity contribution in [3.05, 3.63) is 35.4 Å². The zero-order valence-corrected chi connectivity index (χ0v) is 11.1. The Bertz CT molecular complexity index is 355. The number of benzene rings is 1. The van der Waals surface area contributed by atoms with E-state index in [-0.39, 0.29) is 6.04 Å². The van der Waals surface area contributed by atoms with Crippen LogP contribution in [0.4, 0.5) is 8.78 Å². The maximum atomic E-state index is 13.0. The van der Waals surface area contributed by atoms with Gasteiger partial charge in [0.05, 0.1) is 0 Å². The molecular formula is C13H19F2NS. The lowest BCUT2D eigenvalue weighted by molar-refractivity contribution is 0.506. The maximum Gasteiger partial charge on any atom is 0.159 e. The van der Waals surface area contributed by atoms with Crippen LogP contribution in [0.25, 0.3) is 0 Å². The van der Waals surface area contributed by atoms with Crippen molar-refractivity contribution < 1.29 is 8.78 Å². The summed E-state index contributed by atoms with van der Waals surface area (Å²) in [5, 5.41) is 0. The first-order valence-corrected chi connectivity index (χ1v) is 6.91. The molecule has 96 valence electrons. The molecule has 1 nitrogen and oxygen atoms in total. The van der Waals surface area contributed by atoms with Crippen molar-refractivity contribution in [1.82, 2.24) is 0 Å². The molecule has 17 heavy (non-hydrogen) atoms. The van der Waals surface area contributed by atoms with E-state index < -0.39 is 11.6 Å². The van der Waals surface area contributed by atoms with Gasteiger partial charge in [0, 0.05) is 11.8 Å². The Balaban J connectivity index is 2.39. The van der Waals surface area contributed by atoms with Crippen molar-refractivity contribution in [3.63, 3.8) is 0 Å². The number of hydrogen-bond acceptors (Lipinski definition) is 2. The third-order valence-electron chi connectivity index (χ3n) is 2.27. The van der Waals surface area contributed by atoms with Gasteiger partial charge in [-0.3, -0.25) is 0 Å². The average Bonchev–Trinajstić information content (AvgIpc) is 2.23. The van der Waals surface area contributed by atoms with Crippen molar-refractivity contribution in [2.24, 2.45) is 11.7 Å². The Hall–Kier alpha value is -0.610. The molecule has 4 heteroatoms. The second-order valence-electron chi connectivity index (χ2n) is 4.64. The summed E-state index contributed by atoms with van der Waals surface area (Å²) < 4.78 is 25.7. The SMILES string of the molecule is CC(C)CSCC(N)Cc1ccc(F)c(F)c1. The first-order valence-electron chi connectivity index (χ1n) is 5.76. The molecule has 1 aromatic rings. The van der Waals surface area contributed by atoms with E-state index in [9.17, 15) is 8.78 Å². The van der Waals surface area contributed by atoms with Gasteiger partial charge in [0.2, 0.25) is 0 Å². The molecule has 0 aromatic heterocycles. The summed E-state index contributed by atoms with van der Waals surface area (Å²) in [6, 6.07) is 3.95. The summed E-state index contributed by atoms with van der Waals surface area (Å²) in [6.07, 6.45) is 0.586. The first-order chi connectivity index (χ1) is 7.99. The van der Waals surface area contributed by atoms with Crippen molar-refractivity contribution in [2.75, 3.05) is 11.5 Å². The zero-order chi connectivity index (χ0) is 12.8. The third kappa shape index (κ3) is 5.50. The molecule has 0 radical (unpaired) electrons. The van der Waals surface area contributed by atoms with Gasteiger partial charge in [0.15, 0.2) is 11.6 Å². The van der Waals surface area contributed by atoms with Crippen LogP contribution in [0.3, 0.4) is 0 Å². The van der Waals surface area contributed by atoms with E-state index in [0.29, 0.717) is 12.3 Å². The van der Waals surface area contributed by atoms with Gasteiger partial charge in [-0.2, -0.15) is 11.8 Å². The van der Waals surface area contributed by atoms with Gasteiger partial charge in [-0.1, -0.05) is 19.9 Å². The van der Waals surface area contributed by atoms with E-state index in [1.807, 2.05) is 0 Å². The van der Waals surface area contributed by atoms with E-state index in [1.165, 1.54) is 6.07 Å². The largest absolute Gasteiger partial charge is 0.327 e. The van der Waals surface area contributed by atoms with Crippen molar-refractivity contribution in [3.8, 4) is 0 Å². The van der Waals surface area contributed by atoms with Crippen LogP contribution in [-0.4, -0.2) is 17.5 Å². The molecule has 0 aliphatic heterocycles. The minimum Gasteiger partial charge on any atom is -0.327 e. The fraction of sp³-hybridized carbons (Fsp3) is 0.538. The van der Waals surface area contributed by atoms with Gasteiger partial charge in [-0.25, -0.2) is 8.78 Å². The number of thioether (sulfide) groups is 1. The van der Waals surface area contributed by atoms with Gasteiger partial charge in [0.25, 0.3) is 0 Å². The Morgan fingerprint density at radius 1 is 1.18 bits per heavy atom. The van der Waals surface area contributed by atoms with Gasteiger partial charge >= 0.3 is 0 Å². The van der Waals surface area contributed by atoms with Crippen molar-refractivity contribution >= 4 is 11.8 Å². The maximum absolute atomic E-state index is 13.0. The quantitative estimate of drug-likeness (QED) is 0.849. The second-order valence-corrected chi connectivity index (χ2v) is 5.72. The summed E-state index contributed by atoms with van der Waals surface area (Å²) in [6.45, 7) is 4.32. The lowest BCUT2D eigenvalue weighted by atomic mass is 10.1. The van der Waals surface area contributed by atoms with E-state index in [1.54, 1.807) is 17.8 Å². The zero-order valence-electron chi connectivity index (χ0n) is 10.2. The smallest absolute Gasteiger partial charge is 0.159 e. The highest BCUT2D eigenvalue weighted by Crippen LogP contribution is 2.13. The topological polar surface area (TPSA) is 26.0 Å². The molecule has 1 atom stereocenters. The molecule has 1 rings (SSSR count). The predicted octanol–water partition coefficient (Wildman–Crippen LogP) is 3.22. The summed E-state index contributed by atoms with van der Waals surface area (Å²) in [5.74, 6) is 0.958. The van der Waals surface area contributed by atoms with Crippen LogP contribution < -0.4 is 5.73 Å². The Kier molecular flexibility index (Phi) is 5.92. The lowest BCUT2D eigenvalue weighted by Crippen LogP contribution is -2.26. The highest BCUT2D eigenvalue weighted by atomic mass is 32.2. The number of rotatable bonds is 6. The monoisotopic (exact) mass is 259 g/mol. The summed E-state index contributed by atoms with van der Waals surface area (Å²) in [4.78, 5) is 0. The minimum atomic E-state index is -0.809. The van der Waals surface area contributed by atoms with Crippen LogP contribution in [0, 0.1) is 17.6 Å². The van der Waals surface area contributed by atoms with Gasteiger partial charge in [0.1, 0.15) is 0 Å². The Morgan fingerprint density at radius 2 is 1.88 bits per heavy atom. The molecule has 0 saturated heterocycles. The lowest BCUT2D eigenvalue weighted by Gasteiger charge is -2.12. The first kappa shape index (κ1) is 14.5. The molecular weight excluding hydrogens is 240 g/mol. The summed E-state index contributed by atoms with van der Waals surface area (Å²) >= 11 is 1.80. The number of nitrogens with two attached hydrogens (primary N) is 1. The molecule has 0 saturated carbocycles. The van der Waals surface area contributed by atoms with Crippen LogP contribution in [0.1, 0.15) is 19.4 Å². The molecule has 0 aliphatic carbocycles. The van der Waals surface area contributed by atoms with Gasteiger partial charge < -0.3 is 5.73 Å². The molecule has 0 fully saturated rings. The highest BCUT2D eigenvalue weighted by Gasteiger charge is 2.08. The van der Waals surface area contributed by atoms with E-state index in [4.69, 9.17) is 5.73 Å². The number of hydrogen-bond donors (Lipinski definition) is 1. The summed E-state index contributed by atoms with van der Waals surface area (Å²) in [5.41, 5.74) is 6.69. The average molecular weight is 259 g/mol. The fourth-order valence-corrected chi connectivity index (χ4v) is 2.51. The van der Waals surface area contributed by atoms with Crippen LogP contribution >= 0.6 is 11.8 Å². The molecule has 1 aromatic carbocycles. The summed E-state index contributed by atoms with van der Waals surface area (Å²) in [7, 11) is 0. The van der Waals surface area contributed by atoms with Crippen LogP contribution in [-0.2, 0) is 6.42 Å². The van der Waals surface area contributed by atoms with Crippen LogP contribution in [0.2, 0.25) is 0 Å². The third-order valence-corrected chi connectivity index (χ3v) is 3.83. The molecule has 0 heterocycles. The Labute approximate surface area is 106 Å². The standard InChI is InChI=1S/C13H19F2NS/c1-9(2)7-17-8-11(16)5-10-3-4-12(14)13(15)6-10/h3-4,6,9,11H,5,7-8,16H2,1-2H3. The predicted molar refractivity (Wildman–Crippen MR) is 70.2 cm³/mol. The Morgan fingerprint density at radius 3 is 2.47 bits per heavy atom. The highest BCUT2D eigenvalue weighted by molar-refractivity contribution is 7.99. The van der Waals surface area contributed by atoms with Gasteiger partial charge in [-0.15, -0.1) is 0 Å². The molecule has 0 spiro atoms. The normalized spacial score (nSPS) is 13.1. The van der Waals surface area contributed by atoms with Gasteiger partial charge in [-0.05, 0) is 35.8 Å². The molecule has 0 bridgehead atoms.